The lowest BCUT2D eigenvalue weighted by atomic mass is 10.2. The standard InChI is InChI=1S/C15H17NO3/c17-10-13(11-18)16-12-6-8-15(9-7-12)19-14-4-2-1-3-5-14/h1-9,13,16-18H,10-11H2. The summed E-state index contributed by atoms with van der Waals surface area (Å²) in [5.74, 6) is 1.52. The highest BCUT2D eigenvalue weighted by molar-refractivity contribution is 5.47. The van der Waals surface area contributed by atoms with E-state index in [0.29, 0.717) is 0 Å². The summed E-state index contributed by atoms with van der Waals surface area (Å²) in [6.45, 7) is -0.225. The SMILES string of the molecule is OCC(CO)Nc1ccc(Oc2ccccc2)cc1. The van der Waals surface area contributed by atoms with Crippen molar-refractivity contribution in [2.45, 2.75) is 6.04 Å². The lowest BCUT2D eigenvalue weighted by Gasteiger charge is -2.15. The molecule has 0 spiro atoms. The molecule has 0 aliphatic rings. The molecule has 4 heteroatoms. The molecule has 100 valence electrons. The van der Waals surface area contributed by atoms with Gasteiger partial charge in [-0.15, -0.1) is 0 Å². The zero-order valence-corrected chi connectivity index (χ0v) is 10.5. The van der Waals surface area contributed by atoms with Crippen molar-refractivity contribution in [1.29, 1.82) is 0 Å². The van der Waals surface area contributed by atoms with E-state index in [-0.39, 0.29) is 19.3 Å². The first-order valence-electron chi connectivity index (χ1n) is 6.13. The van der Waals surface area contributed by atoms with Crippen LogP contribution in [0.4, 0.5) is 5.69 Å². The molecule has 0 unspecified atom stereocenters. The van der Waals surface area contributed by atoms with Crippen LogP contribution >= 0.6 is 0 Å². The molecule has 0 aliphatic heterocycles. The number of aliphatic hydroxyl groups is 2. The highest BCUT2D eigenvalue weighted by atomic mass is 16.5. The third-order valence-corrected chi connectivity index (χ3v) is 2.64. The second-order valence-electron chi connectivity index (χ2n) is 4.15. The van der Waals surface area contributed by atoms with Crippen molar-refractivity contribution >= 4 is 5.69 Å². The van der Waals surface area contributed by atoms with Gasteiger partial charge in [0.25, 0.3) is 0 Å². The van der Waals surface area contributed by atoms with Crippen molar-refractivity contribution < 1.29 is 14.9 Å². The Morgan fingerprint density at radius 2 is 1.42 bits per heavy atom. The molecule has 2 aromatic rings. The Hall–Kier alpha value is -2.04. The van der Waals surface area contributed by atoms with Crippen LogP contribution in [0.1, 0.15) is 0 Å². The fourth-order valence-corrected chi connectivity index (χ4v) is 1.63. The van der Waals surface area contributed by atoms with Gasteiger partial charge in [0, 0.05) is 5.69 Å². The average Bonchev–Trinajstić information content (AvgIpc) is 2.47. The number of hydrogen-bond donors (Lipinski definition) is 3. The minimum Gasteiger partial charge on any atom is -0.457 e. The smallest absolute Gasteiger partial charge is 0.127 e. The van der Waals surface area contributed by atoms with E-state index in [1.54, 1.807) is 0 Å². The van der Waals surface area contributed by atoms with Gasteiger partial charge < -0.3 is 20.3 Å². The van der Waals surface area contributed by atoms with E-state index in [2.05, 4.69) is 5.32 Å². The summed E-state index contributed by atoms with van der Waals surface area (Å²) in [6.07, 6.45) is 0. The summed E-state index contributed by atoms with van der Waals surface area (Å²) in [6, 6.07) is 16.6. The van der Waals surface area contributed by atoms with Crippen LogP contribution in [0.5, 0.6) is 11.5 Å². The molecule has 2 rings (SSSR count). The number of aliphatic hydroxyl groups excluding tert-OH is 2. The number of ether oxygens (including phenoxy) is 1. The molecule has 19 heavy (non-hydrogen) atoms. The van der Waals surface area contributed by atoms with Crippen LogP contribution in [0.3, 0.4) is 0 Å². The zero-order valence-electron chi connectivity index (χ0n) is 10.5. The van der Waals surface area contributed by atoms with Crippen molar-refractivity contribution in [3.8, 4) is 11.5 Å². The number of rotatable bonds is 6. The first-order chi connectivity index (χ1) is 9.31. The lowest BCUT2D eigenvalue weighted by molar-refractivity contribution is 0.204. The van der Waals surface area contributed by atoms with Crippen LogP contribution in [0.2, 0.25) is 0 Å². The molecule has 0 saturated heterocycles. The van der Waals surface area contributed by atoms with Gasteiger partial charge in [-0.1, -0.05) is 18.2 Å². The maximum atomic E-state index is 8.99. The predicted octanol–water partition coefficient (Wildman–Crippen LogP) is 2.24. The molecule has 0 fully saturated rings. The molecular formula is C15H17NO3. The highest BCUT2D eigenvalue weighted by Crippen LogP contribution is 2.22. The highest BCUT2D eigenvalue weighted by Gasteiger charge is 2.05. The molecule has 0 bridgehead atoms. The van der Waals surface area contributed by atoms with Gasteiger partial charge in [0.15, 0.2) is 0 Å². The molecular weight excluding hydrogens is 242 g/mol. The van der Waals surface area contributed by atoms with Crippen LogP contribution in [0, 0.1) is 0 Å². The van der Waals surface area contributed by atoms with Crippen LogP contribution in [0.15, 0.2) is 54.6 Å². The second-order valence-corrected chi connectivity index (χ2v) is 4.15. The van der Waals surface area contributed by atoms with Gasteiger partial charge in [0.05, 0.1) is 19.3 Å². The third kappa shape index (κ3) is 3.98. The quantitative estimate of drug-likeness (QED) is 0.744. The Morgan fingerprint density at radius 1 is 0.842 bits per heavy atom. The van der Waals surface area contributed by atoms with Crippen molar-refractivity contribution in [3.05, 3.63) is 54.6 Å². The Balaban J connectivity index is 1.98. The van der Waals surface area contributed by atoms with Gasteiger partial charge in [-0.05, 0) is 36.4 Å². The van der Waals surface area contributed by atoms with Crippen LogP contribution < -0.4 is 10.1 Å². The number of para-hydroxylation sites is 1. The second kappa shape index (κ2) is 6.78. The van der Waals surface area contributed by atoms with Gasteiger partial charge in [0.1, 0.15) is 11.5 Å². The zero-order chi connectivity index (χ0) is 13.5. The van der Waals surface area contributed by atoms with Crippen molar-refractivity contribution in [2.75, 3.05) is 18.5 Å². The molecule has 4 nitrogen and oxygen atoms in total. The number of anilines is 1. The van der Waals surface area contributed by atoms with Gasteiger partial charge in [0.2, 0.25) is 0 Å². The molecule has 0 aliphatic carbocycles. The molecule has 3 N–H and O–H groups in total. The molecule has 0 atom stereocenters. The Labute approximate surface area is 112 Å². The molecule has 0 aromatic heterocycles. The summed E-state index contributed by atoms with van der Waals surface area (Å²) < 4.78 is 5.66. The van der Waals surface area contributed by atoms with Crippen LogP contribution in [-0.4, -0.2) is 29.5 Å². The van der Waals surface area contributed by atoms with Crippen molar-refractivity contribution in [3.63, 3.8) is 0 Å². The van der Waals surface area contributed by atoms with E-state index < -0.39 is 0 Å². The minimum absolute atomic E-state index is 0.112. The number of benzene rings is 2. The topological polar surface area (TPSA) is 61.7 Å². The Morgan fingerprint density at radius 3 is 2.00 bits per heavy atom. The van der Waals surface area contributed by atoms with Crippen LogP contribution in [0.25, 0.3) is 0 Å². The van der Waals surface area contributed by atoms with E-state index >= 15 is 0 Å². The molecule has 2 aromatic carbocycles. The first kappa shape index (κ1) is 13.4. The minimum atomic E-state index is -0.346. The van der Waals surface area contributed by atoms with Gasteiger partial charge in [-0.2, -0.15) is 0 Å². The van der Waals surface area contributed by atoms with E-state index in [9.17, 15) is 0 Å². The predicted molar refractivity (Wildman–Crippen MR) is 74.5 cm³/mol. The normalized spacial score (nSPS) is 10.5. The van der Waals surface area contributed by atoms with Gasteiger partial charge in [-0.25, -0.2) is 0 Å². The molecule has 0 amide bonds. The average molecular weight is 259 g/mol. The van der Waals surface area contributed by atoms with Crippen LogP contribution in [-0.2, 0) is 0 Å². The van der Waals surface area contributed by atoms with Gasteiger partial charge in [-0.3, -0.25) is 0 Å². The Kier molecular flexibility index (Phi) is 4.78. The van der Waals surface area contributed by atoms with Crippen molar-refractivity contribution in [2.24, 2.45) is 0 Å². The van der Waals surface area contributed by atoms with Crippen molar-refractivity contribution in [1.82, 2.24) is 0 Å². The van der Waals surface area contributed by atoms with Gasteiger partial charge >= 0.3 is 0 Å². The summed E-state index contributed by atoms with van der Waals surface area (Å²) in [5, 5.41) is 21.0. The largest absolute Gasteiger partial charge is 0.457 e. The van der Waals surface area contributed by atoms with E-state index in [4.69, 9.17) is 14.9 Å². The monoisotopic (exact) mass is 259 g/mol. The third-order valence-electron chi connectivity index (χ3n) is 2.64. The maximum absolute atomic E-state index is 8.99. The summed E-state index contributed by atoms with van der Waals surface area (Å²) in [4.78, 5) is 0. The molecule has 0 saturated carbocycles. The van der Waals surface area contributed by atoms with E-state index in [1.807, 2.05) is 54.6 Å². The number of hydrogen-bond acceptors (Lipinski definition) is 4. The Bertz CT molecular complexity index is 481. The maximum Gasteiger partial charge on any atom is 0.127 e. The molecule has 0 radical (unpaired) electrons. The fourth-order valence-electron chi connectivity index (χ4n) is 1.63. The fraction of sp³-hybridized carbons (Fsp3) is 0.200. The number of nitrogens with one attached hydrogen (secondary N) is 1. The first-order valence-corrected chi connectivity index (χ1v) is 6.13. The van der Waals surface area contributed by atoms with E-state index in [1.165, 1.54) is 0 Å². The lowest BCUT2D eigenvalue weighted by Crippen LogP contribution is -2.27. The van der Waals surface area contributed by atoms with E-state index in [0.717, 1.165) is 17.2 Å². The summed E-state index contributed by atoms with van der Waals surface area (Å²) in [7, 11) is 0. The summed E-state index contributed by atoms with van der Waals surface area (Å²) in [5.41, 5.74) is 0.827. The molecule has 0 heterocycles. The summed E-state index contributed by atoms with van der Waals surface area (Å²) >= 11 is 0.